The molecule has 0 saturated carbocycles. The number of nitrogens with one attached hydrogen (secondary N) is 1. The fraction of sp³-hybridized carbons (Fsp3) is 0.667. The third kappa shape index (κ3) is 6.47. The van der Waals surface area contributed by atoms with Crippen molar-refractivity contribution in [1.82, 2.24) is 4.72 Å². The minimum Gasteiger partial charge on any atom is -0.415 e. The van der Waals surface area contributed by atoms with E-state index in [1.54, 1.807) is 0 Å². The predicted octanol–water partition coefficient (Wildman–Crippen LogP) is 5.36. The molecule has 2 atom stereocenters. The Morgan fingerprint density at radius 1 is 1.12 bits per heavy atom. The average Bonchev–Trinajstić information content (AvgIpc) is 2.49. The van der Waals surface area contributed by atoms with Crippen LogP contribution in [0.15, 0.2) is 29.2 Å². The molecule has 0 radical (unpaired) electrons. The van der Waals surface area contributed by atoms with E-state index in [4.69, 9.17) is 4.43 Å². The van der Waals surface area contributed by atoms with E-state index in [2.05, 4.69) is 38.6 Å². The van der Waals surface area contributed by atoms with Gasteiger partial charge in [0.05, 0.1) is 17.1 Å². The predicted molar refractivity (Wildman–Crippen MR) is 103 cm³/mol. The Morgan fingerprint density at radius 2 is 1.62 bits per heavy atom. The minimum absolute atomic E-state index is 0.0705. The summed E-state index contributed by atoms with van der Waals surface area (Å²) in [6, 6.07) is 4.24. The van der Waals surface area contributed by atoms with Crippen molar-refractivity contribution in [3.05, 3.63) is 29.8 Å². The zero-order valence-electron chi connectivity index (χ0n) is 16.5. The number of rotatable bonds is 7. The Hall–Kier alpha value is -0.703. The van der Waals surface area contributed by atoms with Crippen LogP contribution in [0.25, 0.3) is 0 Å². The topological polar surface area (TPSA) is 38.3 Å². The number of alkyl halides is 3. The van der Waals surface area contributed by atoms with Crippen LogP contribution < -0.4 is 4.72 Å². The SMILES string of the molecule is CC(C)[C@H](CO[Si](C)(C)C(C)(C)C)N[S@](=O)c1ccc(C(F)(F)F)cc1. The highest BCUT2D eigenvalue weighted by atomic mass is 32.2. The zero-order chi connectivity index (χ0) is 20.3. The largest absolute Gasteiger partial charge is 0.416 e. The Morgan fingerprint density at radius 3 is 2.00 bits per heavy atom. The van der Waals surface area contributed by atoms with Gasteiger partial charge in [-0.3, -0.25) is 0 Å². The van der Waals surface area contributed by atoms with Crippen LogP contribution in [0.3, 0.4) is 0 Å². The summed E-state index contributed by atoms with van der Waals surface area (Å²) >= 11 is 0. The van der Waals surface area contributed by atoms with Crippen LogP contribution in [0.1, 0.15) is 40.2 Å². The monoisotopic (exact) mass is 409 g/mol. The van der Waals surface area contributed by atoms with Crippen LogP contribution in [0.4, 0.5) is 13.2 Å². The molecule has 0 aliphatic rings. The molecule has 0 bridgehead atoms. The van der Waals surface area contributed by atoms with Gasteiger partial charge in [-0.25, -0.2) is 8.93 Å². The van der Waals surface area contributed by atoms with Gasteiger partial charge < -0.3 is 4.43 Å². The normalized spacial score (nSPS) is 16.0. The maximum absolute atomic E-state index is 12.6. The molecule has 0 heterocycles. The van der Waals surface area contributed by atoms with Crippen molar-refractivity contribution in [2.24, 2.45) is 5.92 Å². The summed E-state index contributed by atoms with van der Waals surface area (Å²) in [6.45, 7) is 15.2. The van der Waals surface area contributed by atoms with E-state index in [1.807, 2.05) is 13.8 Å². The highest BCUT2D eigenvalue weighted by Gasteiger charge is 2.38. The second-order valence-electron chi connectivity index (χ2n) is 8.33. The van der Waals surface area contributed by atoms with Gasteiger partial charge in [-0.1, -0.05) is 34.6 Å². The first-order valence-corrected chi connectivity index (χ1v) is 12.7. The van der Waals surface area contributed by atoms with E-state index in [0.717, 1.165) is 12.1 Å². The third-order valence-corrected chi connectivity index (χ3v) is 10.6. The minimum atomic E-state index is -4.40. The van der Waals surface area contributed by atoms with Crippen molar-refractivity contribution in [1.29, 1.82) is 0 Å². The lowest BCUT2D eigenvalue weighted by Gasteiger charge is -2.37. The molecule has 1 N–H and O–H groups in total. The van der Waals surface area contributed by atoms with Gasteiger partial charge in [-0.15, -0.1) is 0 Å². The van der Waals surface area contributed by atoms with E-state index in [-0.39, 0.29) is 17.0 Å². The summed E-state index contributed by atoms with van der Waals surface area (Å²) in [6.07, 6.45) is -4.40. The summed E-state index contributed by atoms with van der Waals surface area (Å²) in [5.74, 6) is 0.165. The van der Waals surface area contributed by atoms with Crippen molar-refractivity contribution in [2.45, 2.75) is 69.9 Å². The molecule has 1 rings (SSSR count). The molecular weight excluding hydrogens is 379 g/mol. The van der Waals surface area contributed by atoms with Crippen LogP contribution in [-0.2, 0) is 21.6 Å². The van der Waals surface area contributed by atoms with Gasteiger partial charge in [-0.05, 0) is 48.3 Å². The molecule has 0 saturated heterocycles. The maximum atomic E-state index is 12.6. The van der Waals surface area contributed by atoms with Gasteiger partial charge in [0.15, 0.2) is 8.32 Å². The standard InChI is InChI=1S/C18H30F3NO2SSi/c1-13(2)16(12-24-26(6,7)17(3,4)5)22-25(23)15-10-8-14(9-11-15)18(19,20)21/h8-11,13,16,22H,12H2,1-7H3/t16-,25+/m0/s1. The molecule has 0 aromatic heterocycles. The van der Waals surface area contributed by atoms with Crippen molar-refractivity contribution in [3.63, 3.8) is 0 Å². The number of hydrogen-bond acceptors (Lipinski definition) is 2. The summed E-state index contributed by atoms with van der Waals surface area (Å²) in [5, 5.41) is 0.0705. The lowest BCUT2D eigenvalue weighted by Crippen LogP contribution is -2.47. The van der Waals surface area contributed by atoms with Crippen LogP contribution in [-0.4, -0.2) is 25.2 Å². The van der Waals surface area contributed by atoms with Gasteiger partial charge in [0.25, 0.3) is 0 Å². The second-order valence-corrected chi connectivity index (χ2v) is 14.4. The summed E-state index contributed by atoms with van der Waals surface area (Å²) in [7, 11) is -3.54. The van der Waals surface area contributed by atoms with Crippen molar-refractivity contribution < 1.29 is 21.8 Å². The quantitative estimate of drug-likeness (QED) is 0.615. The molecule has 0 fully saturated rings. The van der Waals surface area contributed by atoms with Gasteiger partial charge in [0.2, 0.25) is 0 Å². The lowest BCUT2D eigenvalue weighted by molar-refractivity contribution is -0.137. The lowest BCUT2D eigenvalue weighted by atomic mass is 10.1. The first-order chi connectivity index (χ1) is 11.6. The number of halogens is 3. The molecule has 1 aromatic carbocycles. The summed E-state index contributed by atoms with van der Waals surface area (Å²) < 4.78 is 59.7. The average molecular weight is 410 g/mol. The van der Waals surface area contributed by atoms with Crippen LogP contribution in [0.2, 0.25) is 18.1 Å². The molecular formula is C18H30F3NO2SSi. The van der Waals surface area contributed by atoms with Crippen molar-refractivity contribution >= 4 is 19.3 Å². The Bertz CT molecular complexity index is 610. The third-order valence-electron chi connectivity index (χ3n) is 4.89. The Kier molecular flexibility index (Phi) is 7.66. The van der Waals surface area contributed by atoms with Gasteiger partial charge in [0.1, 0.15) is 11.0 Å². The maximum Gasteiger partial charge on any atom is 0.416 e. The molecule has 26 heavy (non-hydrogen) atoms. The Labute approximate surface area is 158 Å². The molecule has 150 valence electrons. The molecule has 0 aliphatic carbocycles. The van der Waals surface area contributed by atoms with E-state index in [1.165, 1.54) is 12.1 Å². The van der Waals surface area contributed by atoms with Crippen LogP contribution in [0.5, 0.6) is 0 Å². The highest BCUT2D eigenvalue weighted by Crippen LogP contribution is 2.36. The van der Waals surface area contributed by atoms with E-state index in [0.29, 0.717) is 11.5 Å². The first kappa shape index (κ1) is 23.3. The van der Waals surface area contributed by atoms with Crippen molar-refractivity contribution in [3.8, 4) is 0 Å². The summed E-state index contributed by atoms with van der Waals surface area (Å²) in [5.41, 5.74) is -0.750. The number of benzene rings is 1. The van der Waals surface area contributed by atoms with E-state index < -0.39 is 31.0 Å². The molecule has 3 nitrogen and oxygen atoms in total. The van der Waals surface area contributed by atoms with Gasteiger partial charge >= 0.3 is 6.18 Å². The smallest absolute Gasteiger partial charge is 0.415 e. The fourth-order valence-corrected chi connectivity index (χ4v) is 4.01. The molecule has 1 aromatic rings. The first-order valence-electron chi connectivity index (χ1n) is 8.64. The van der Waals surface area contributed by atoms with Crippen LogP contribution >= 0.6 is 0 Å². The Balaban J connectivity index is 2.80. The highest BCUT2D eigenvalue weighted by molar-refractivity contribution is 7.83. The summed E-state index contributed by atoms with van der Waals surface area (Å²) in [4.78, 5) is 0.316. The van der Waals surface area contributed by atoms with Crippen LogP contribution in [0, 0.1) is 5.92 Å². The fourth-order valence-electron chi connectivity index (χ4n) is 1.85. The number of hydrogen-bond donors (Lipinski definition) is 1. The van der Waals surface area contributed by atoms with E-state index >= 15 is 0 Å². The molecule has 0 unspecified atom stereocenters. The van der Waals surface area contributed by atoms with Crippen molar-refractivity contribution in [2.75, 3.05) is 6.61 Å². The van der Waals surface area contributed by atoms with Gasteiger partial charge in [0, 0.05) is 6.04 Å². The van der Waals surface area contributed by atoms with Gasteiger partial charge in [-0.2, -0.15) is 13.2 Å². The molecule has 0 amide bonds. The second kappa shape index (κ2) is 8.54. The molecule has 0 spiro atoms. The zero-order valence-corrected chi connectivity index (χ0v) is 18.3. The molecule has 8 heteroatoms. The van der Waals surface area contributed by atoms with E-state index in [9.17, 15) is 17.4 Å². The molecule has 0 aliphatic heterocycles.